The van der Waals surface area contributed by atoms with Crippen molar-refractivity contribution in [2.24, 2.45) is 0 Å². The standard InChI is InChI=1S/C15H16BrN7O/c1-24-7-6-19-14-12(16)13(17)21-15(22-14)23-9-10(8-20-23)11-4-2-3-5-18-11/h2-5,8-9H,6-7H2,1H3,(H3,17,19,21,22). The second-order valence-corrected chi connectivity index (χ2v) is 5.67. The Hall–Kier alpha value is -2.52. The number of hydrogen-bond acceptors (Lipinski definition) is 7. The molecule has 0 radical (unpaired) electrons. The number of pyridine rings is 1. The molecule has 3 N–H and O–H groups in total. The summed E-state index contributed by atoms with van der Waals surface area (Å²) in [6.07, 6.45) is 5.25. The van der Waals surface area contributed by atoms with Crippen molar-refractivity contribution >= 4 is 27.6 Å². The molecule has 0 saturated heterocycles. The lowest BCUT2D eigenvalue weighted by Crippen LogP contribution is -2.13. The van der Waals surface area contributed by atoms with Gasteiger partial charge in [-0.15, -0.1) is 0 Å². The first-order valence-corrected chi connectivity index (χ1v) is 8.00. The summed E-state index contributed by atoms with van der Waals surface area (Å²) in [5, 5.41) is 7.45. The van der Waals surface area contributed by atoms with Crippen molar-refractivity contribution in [1.29, 1.82) is 0 Å². The molecule has 0 atom stereocenters. The van der Waals surface area contributed by atoms with Crippen molar-refractivity contribution in [2.75, 3.05) is 31.3 Å². The molecule has 0 aliphatic carbocycles. The van der Waals surface area contributed by atoms with Crippen molar-refractivity contribution in [3.05, 3.63) is 41.3 Å². The third kappa shape index (κ3) is 3.52. The number of hydrogen-bond donors (Lipinski definition) is 2. The van der Waals surface area contributed by atoms with Gasteiger partial charge in [0.2, 0.25) is 0 Å². The van der Waals surface area contributed by atoms with E-state index in [4.69, 9.17) is 10.5 Å². The van der Waals surface area contributed by atoms with Crippen LogP contribution in [0.1, 0.15) is 0 Å². The van der Waals surface area contributed by atoms with Gasteiger partial charge in [0.15, 0.2) is 0 Å². The Kier molecular flexibility index (Phi) is 5.02. The van der Waals surface area contributed by atoms with E-state index in [0.717, 1.165) is 11.3 Å². The molecule has 3 aromatic heterocycles. The number of aromatic nitrogens is 5. The minimum atomic E-state index is 0.329. The minimum absolute atomic E-state index is 0.329. The predicted octanol–water partition coefficient (Wildman–Crippen LogP) is 2.13. The van der Waals surface area contributed by atoms with Crippen molar-refractivity contribution in [3.63, 3.8) is 0 Å². The summed E-state index contributed by atoms with van der Waals surface area (Å²) in [4.78, 5) is 13.0. The van der Waals surface area contributed by atoms with Gasteiger partial charge in [0, 0.05) is 31.6 Å². The Morgan fingerprint density at radius 3 is 2.96 bits per heavy atom. The van der Waals surface area contributed by atoms with Gasteiger partial charge in [-0.3, -0.25) is 4.98 Å². The number of rotatable bonds is 6. The topological polar surface area (TPSA) is 104 Å². The van der Waals surface area contributed by atoms with Gasteiger partial charge in [-0.1, -0.05) is 6.07 Å². The van der Waals surface area contributed by atoms with Crippen LogP contribution >= 0.6 is 15.9 Å². The van der Waals surface area contributed by atoms with Crippen LogP contribution in [0, 0.1) is 0 Å². The molecular weight excluding hydrogens is 374 g/mol. The summed E-state index contributed by atoms with van der Waals surface area (Å²) >= 11 is 3.39. The number of nitrogens with zero attached hydrogens (tertiary/aromatic N) is 5. The first-order chi connectivity index (χ1) is 11.7. The van der Waals surface area contributed by atoms with E-state index >= 15 is 0 Å². The highest BCUT2D eigenvalue weighted by molar-refractivity contribution is 9.10. The van der Waals surface area contributed by atoms with E-state index in [9.17, 15) is 0 Å². The molecule has 3 rings (SSSR count). The fraction of sp³-hybridized carbons (Fsp3) is 0.200. The molecule has 0 aliphatic heterocycles. The number of ether oxygens (including phenoxy) is 1. The molecule has 0 amide bonds. The molecule has 0 unspecified atom stereocenters. The van der Waals surface area contributed by atoms with Crippen LogP contribution in [0.5, 0.6) is 0 Å². The molecule has 0 saturated carbocycles. The normalized spacial score (nSPS) is 10.8. The van der Waals surface area contributed by atoms with Crippen LogP contribution in [-0.2, 0) is 4.74 Å². The molecule has 0 spiro atoms. The van der Waals surface area contributed by atoms with Crippen LogP contribution in [0.15, 0.2) is 41.3 Å². The third-order valence-electron chi connectivity index (χ3n) is 3.21. The van der Waals surface area contributed by atoms with Crippen LogP contribution in [-0.4, -0.2) is 45.0 Å². The largest absolute Gasteiger partial charge is 0.383 e. The SMILES string of the molecule is COCCNc1nc(-n2cc(-c3ccccn3)cn2)nc(N)c1Br. The quantitative estimate of drug-likeness (QED) is 0.622. The van der Waals surface area contributed by atoms with E-state index in [-0.39, 0.29) is 0 Å². The fourth-order valence-corrected chi connectivity index (χ4v) is 2.36. The second kappa shape index (κ2) is 7.37. The summed E-state index contributed by atoms with van der Waals surface area (Å²) in [6, 6.07) is 5.70. The van der Waals surface area contributed by atoms with Crippen molar-refractivity contribution in [2.45, 2.75) is 0 Å². The molecule has 0 aliphatic rings. The van der Waals surface area contributed by atoms with Gasteiger partial charge in [-0.25, -0.2) is 4.68 Å². The fourth-order valence-electron chi connectivity index (χ4n) is 2.04. The number of methoxy groups -OCH3 is 1. The van der Waals surface area contributed by atoms with E-state index in [1.165, 1.54) is 0 Å². The summed E-state index contributed by atoms with van der Waals surface area (Å²) in [5.74, 6) is 1.29. The van der Waals surface area contributed by atoms with Crippen LogP contribution in [0.2, 0.25) is 0 Å². The van der Waals surface area contributed by atoms with Crippen LogP contribution in [0.4, 0.5) is 11.6 Å². The lowest BCUT2D eigenvalue weighted by molar-refractivity contribution is 0.210. The molecule has 0 aromatic carbocycles. The molecule has 8 nitrogen and oxygen atoms in total. The number of nitrogens with two attached hydrogens (primary N) is 1. The average molecular weight is 390 g/mol. The summed E-state index contributed by atoms with van der Waals surface area (Å²) < 4.78 is 7.20. The smallest absolute Gasteiger partial charge is 0.254 e. The van der Waals surface area contributed by atoms with Gasteiger partial charge in [-0.05, 0) is 28.1 Å². The lowest BCUT2D eigenvalue weighted by Gasteiger charge is -2.10. The van der Waals surface area contributed by atoms with Gasteiger partial charge < -0.3 is 15.8 Å². The van der Waals surface area contributed by atoms with E-state index in [2.05, 4.69) is 41.3 Å². The number of anilines is 2. The zero-order valence-corrected chi connectivity index (χ0v) is 14.6. The van der Waals surface area contributed by atoms with E-state index in [0.29, 0.717) is 35.2 Å². The van der Waals surface area contributed by atoms with Gasteiger partial charge in [0.25, 0.3) is 5.95 Å². The van der Waals surface area contributed by atoms with E-state index in [1.807, 2.05) is 24.4 Å². The number of nitrogen functional groups attached to an aromatic ring is 1. The first kappa shape index (κ1) is 16.3. The Morgan fingerprint density at radius 1 is 1.33 bits per heavy atom. The predicted molar refractivity (Wildman–Crippen MR) is 94.9 cm³/mol. The zero-order valence-electron chi connectivity index (χ0n) is 13.0. The maximum Gasteiger partial charge on any atom is 0.254 e. The molecular formula is C15H16BrN7O. The molecule has 0 fully saturated rings. The maximum atomic E-state index is 5.96. The van der Waals surface area contributed by atoms with Gasteiger partial charge >= 0.3 is 0 Å². The molecule has 3 heterocycles. The minimum Gasteiger partial charge on any atom is -0.383 e. The maximum absolute atomic E-state index is 5.96. The molecule has 124 valence electrons. The van der Waals surface area contributed by atoms with E-state index in [1.54, 1.807) is 24.2 Å². The van der Waals surface area contributed by atoms with Gasteiger partial charge in [0.05, 0.1) is 18.5 Å². The van der Waals surface area contributed by atoms with Crippen molar-refractivity contribution in [1.82, 2.24) is 24.7 Å². The van der Waals surface area contributed by atoms with Gasteiger partial charge in [0.1, 0.15) is 16.1 Å². The molecule has 0 bridgehead atoms. The molecule has 9 heteroatoms. The Labute approximate surface area is 147 Å². The van der Waals surface area contributed by atoms with E-state index < -0.39 is 0 Å². The zero-order chi connectivity index (χ0) is 16.9. The summed E-state index contributed by atoms with van der Waals surface area (Å²) in [6.45, 7) is 1.15. The summed E-state index contributed by atoms with van der Waals surface area (Å²) in [7, 11) is 1.64. The van der Waals surface area contributed by atoms with Crippen LogP contribution < -0.4 is 11.1 Å². The average Bonchev–Trinajstić information content (AvgIpc) is 3.09. The first-order valence-electron chi connectivity index (χ1n) is 7.21. The third-order valence-corrected chi connectivity index (χ3v) is 3.99. The highest BCUT2D eigenvalue weighted by Gasteiger charge is 2.13. The number of halogens is 1. The van der Waals surface area contributed by atoms with Crippen molar-refractivity contribution < 1.29 is 4.74 Å². The van der Waals surface area contributed by atoms with Gasteiger partial charge in [-0.2, -0.15) is 15.1 Å². The highest BCUT2D eigenvalue weighted by Crippen LogP contribution is 2.26. The Morgan fingerprint density at radius 2 is 2.21 bits per heavy atom. The lowest BCUT2D eigenvalue weighted by atomic mass is 10.2. The van der Waals surface area contributed by atoms with Crippen LogP contribution in [0.3, 0.4) is 0 Å². The Balaban J connectivity index is 1.91. The summed E-state index contributed by atoms with van der Waals surface area (Å²) in [5.41, 5.74) is 7.65. The molecule has 24 heavy (non-hydrogen) atoms. The van der Waals surface area contributed by atoms with Crippen LogP contribution in [0.25, 0.3) is 17.2 Å². The Bertz CT molecular complexity index is 822. The molecule has 3 aromatic rings. The van der Waals surface area contributed by atoms with Crippen molar-refractivity contribution in [3.8, 4) is 17.2 Å². The number of nitrogens with one attached hydrogen (secondary N) is 1. The second-order valence-electron chi connectivity index (χ2n) is 4.88. The monoisotopic (exact) mass is 389 g/mol. The highest BCUT2D eigenvalue weighted by atomic mass is 79.9.